The zero-order chi connectivity index (χ0) is 19.3. The zero-order valence-corrected chi connectivity index (χ0v) is 16.6. The van der Waals surface area contributed by atoms with Gasteiger partial charge in [-0.2, -0.15) is 0 Å². The summed E-state index contributed by atoms with van der Waals surface area (Å²) in [4.78, 5) is 26.2. The summed E-state index contributed by atoms with van der Waals surface area (Å²) >= 11 is 0. The first-order valence-corrected chi connectivity index (χ1v) is 10.4. The molecule has 2 aromatic heterocycles. The van der Waals surface area contributed by atoms with E-state index < -0.39 is 0 Å². The van der Waals surface area contributed by atoms with Gasteiger partial charge in [0.2, 0.25) is 0 Å². The minimum atomic E-state index is 0.0528. The van der Waals surface area contributed by atoms with Crippen molar-refractivity contribution >= 4 is 11.7 Å². The highest BCUT2D eigenvalue weighted by Gasteiger charge is 2.43. The first kappa shape index (κ1) is 17.6. The normalized spacial score (nSPS) is 24.0. The summed E-state index contributed by atoms with van der Waals surface area (Å²) in [6, 6.07) is 2.11. The molecule has 2 saturated heterocycles. The van der Waals surface area contributed by atoms with Crippen LogP contribution in [0.1, 0.15) is 60.1 Å². The molecule has 2 aromatic rings. The molecule has 7 heteroatoms. The zero-order valence-electron chi connectivity index (χ0n) is 16.6. The van der Waals surface area contributed by atoms with Gasteiger partial charge in [0.1, 0.15) is 17.9 Å². The Hall–Kier alpha value is -2.44. The largest absolute Gasteiger partial charge is 0.360 e. The van der Waals surface area contributed by atoms with E-state index in [9.17, 15) is 4.79 Å². The molecule has 148 valence electrons. The molecule has 5 rings (SSSR count). The van der Waals surface area contributed by atoms with E-state index in [2.05, 4.69) is 39.9 Å². The number of aromatic nitrogens is 3. The van der Waals surface area contributed by atoms with Crippen LogP contribution in [0.3, 0.4) is 0 Å². The lowest BCUT2D eigenvalue weighted by molar-refractivity contribution is 0.0771. The van der Waals surface area contributed by atoms with Crippen LogP contribution in [-0.2, 0) is 12.8 Å². The van der Waals surface area contributed by atoms with Crippen molar-refractivity contribution in [1.82, 2.24) is 20.0 Å². The van der Waals surface area contributed by atoms with E-state index in [4.69, 9.17) is 4.52 Å². The predicted molar refractivity (Wildman–Crippen MR) is 104 cm³/mol. The molecule has 0 bridgehead atoms. The van der Waals surface area contributed by atoms with Crippen LogP contribution >= 0.6 is 0 Å². The second kappa shape index (κ2) is 6.87. The number of hydrogen-bond donors (Lipinski definition) is 0. The van der Waals surface area contributed by atoms with Gasteiger partial charge in [-0.15, -0.1) is 0 Å². The Bertz CT molecular complexity index is 879. The summed E-state index contributed by atoms with van der Waals surface area (Å²) in [5, 5.41) is 4.13. The molecule has 0 spiro atoms. The van der Waals surface area contributed by atoms with Crippen LogP contribution in [0.4, 0.5) is 5.82 Å². The average molecular weight is 381 g/mol. The van der Waals surface area contributed by atoms with Gasteiger partial charge in [-0.1, -0.05) is 19.0 Å². The van der Waals surface area contributed by atoms with Gasteiger partial charge in [-0.25, -0.2) is 9.97 Å². The number of rotatable bonds is 3. The second-order valence-electron chi connectivity index (χ2n) is 8.73. The quantitative estimate of drug-likeness (QED) is 0.814. The molecule has 2 aliphatic heterocycles. The van der Waals surface area contributed by atoms with Crippen molar-refractivity contribution in [3.8, 4) is 0 Å². The maximum absolute atomic E-state index is 13.1. The molecule has 1 amide bonds. The molecule has 2 unspecified atom stereocenters. The number of carbonyl (C=O) groups is 1. The topological polar surface area (TPSA) is 75.4 Å². The van der Waals surface area contributed by atoms with Crippen molar-refractivity contribution in [2.24, 2.45) is 11.8 Å². The van der Waals surface area contributed by atoms with E-state index in [1.165, 1.54) is 0 Å². The van der Waals surface area contributed by atoms with Gasteiger partial charge in [0.05, 0.1) is 0 Å². The van der Waals surface area contributed by atoms with Crippen molar-refractivity contribution < 1.29 is 9.32 Å². The molecular weight excluding hydrogens is 354 g/mol. The average Bonchev–Trinajstić information content (AvgIpc) is 3.40. The van der Waals surface area contributed by atoms with Crippen LogP contribution in [0.5, 0.6) is 0 Å². The molecule has 3 aliphatic rings. The van der Waals surface area contributed by atoms with E-state index in [1.54, 1.807) is 6.33 Å². The summed E-state index contributed by atoms with van der Waals surface area (Å²) in [5.74, 6) is 3.36. The van der Waals surface area contributed by atoms with E-state index in [-0.39, 0.29) is 5.91 Å². The highest BCUT2D eigenvalue weighted by atomic mass is 16.5. The maximum atomic E-state index is 13.1. The summed E-state index contributed by atoms with van der Waals surface area (Å²) in [7, 11) is 0. The number of nitrogens with zero attached hydrogens (tertiary/aromatic N) is 5. The fourth-order valence-electron chi connectivity index (χ4n) is 4.90. The number of likely N-dealkylation sites (tertiary alicyclic amines) is 1. The molecule has 4 heterocycles. The van der Waals surface area contributed by atoms with Crippen LogP contribution in [-0.4, -0.2) is 52.1 Å². The van der Waals surface area contributed by atoms with Gasteiger partial charge in [0.25, 0.3) is 5.91 Å². The van der Waals surface area contributed by atoms with E-state index in [0.29, 0.717) is 23.4 Å². The fourth-order valence-corrected chi connectivity index (χ4v) is 4.90. The monoisotopic (exact) mass is 381 g/mol. The summed E-state index contributed by atoms with van der Waals surface area (Å²) in [6.45, 7) is 7.78. The smallest absolute Gasteiger partial charge is 0.276 e. The lowest BCUT2D eigenvalue weighted by Gasteiger charge is -2.22. The number of anilines is 1. The number of amides is 1. The Kier molecular flexibility index (Phi) is 4.33. The van der Waals surface area contributed by atoms with Crippen LogP contribution < -0.4 is 4.90 Å². The molecule has 0 aromatic carbocycles. The third-order valence-corrected chi connectivity index (χ3v) is 6.52. The van der Waals surface area contributed by atoms with Gasteiger partial charge in [-0.3, -0.25) is 4.79 Å². The van der Waals surface area contributed by atoms with Gasteiger partial charge in [0, 0.05) is 61.8 Å². The molecule has 2 atom stereocenters. The van der Waals surface area contributed by atoms with Gasteiger partial charge >= 0.3 is 0 Å². The fraction of sp³-hybridized carbons (Fsp3) is 0.619. The number of aryl methyl sites for hydroxylation is 1. The Balaban J connectivity index is 1.27. The Morgan fingerprint density at radius 1 is 1.11 bits per heavy atom. The molecule has 0 radical (unpaired) electrons. The number of carbonyl (C=O) groups excluding carboxylic acids is 1. The molecule has 0 N–H and O–H groups in total. The van der Waals surface area contributed by atoms with Crippen molar-refractivity contribution in [2.75, 3.05) is 31.1 Å². The first-order chi connectivity index (χ1) is 13.6. The Morgan fingerprint density at radius 2 is 1.86 bits per heavy atom. The molecule has 7 nitrogen and oxygen atoms in total. The standard InChI is InChI=1S/C21H27N5O2/c1-13(2)17-7-19(23-12-22-17)25-8-14-10-26(11-15(14)9-25)21(27)20-16-5-3-4-6-18(16)28-24-20/h7,12-15H,3-6,8-11H2,1-2H3. The summed E-state index contributed by atoms with van der Waals surface area (Å²) in [6.07, 6.45) is 5.74. The summed E-state index contributed by atoms with van der Waals surface area (Å²) in [5.41, 5.74) is 2.69. The minimum absolute atomic E-state index is 0.0528. The van der Waals surface area contributed by atoms with E-state index in [0.717, 1.165) is 74.7 Å². The van der Waals surface area contributed by atoms with Crippen LogP contribution in [0, 0.1) is 11.8 Å². The van der Waals surface area contributed by atoms with Gasteiger partial charge in [0.15, 0.2) is 5.69 Å². The Labute approximate surface area is 165 Å². The van der Waals surface area contributed by atoms with Crippen molar-refractivity contribution in [3.63, 3.8) is 0 Å². The van der Waals surface area contributed by atoms with Crippen molar-refractivity contribution in [3.05, 3.63) is 35.1 Å². The van der Waals surface area contributed by atoms with Crippen molar-refractivity contribution in [1.29, 1.82) is 0 Å². The van der Waals surface area contributed by atoms with Gasteiger partial charge in [-0.05, 0) is 25.2 Å². The predicted octanol–water partition coefficient (Wildman–Crippen LogP) is 2.68. The highest BCUT2D eigenvalue weighted by molar-refractivity contribution is 5.94. The molecule has 0 saturated carbocycles. The summed E-state index contributed by atoms with van der Waals surface area (Å²) < 4.78 is 5.45. The lowest BCUT2D eigenvalue weighted by Crippen LogP contribution is -2.34. The number of fused-ring (bicyclic) bond motifs is 2. The molecule has 1 aliphatic carbocycles. The highest BCUT2D eigenvalue weighted by Crippen LogP contribution is 2.35. The van der Waals surface area contributed by atoms with Crippen LogP contribution in [0.15, 0.2) is 16.9 Å². The third kappa shape index (κ3) is 2.97. The van der Waals surface area contributed by atoms with Crippen molar-refractivity contribution in [2.45, 2.75) is 45.4 Å². The third-order valence-electron chi connectivity index (χ3n) is 6.52. The van der Waals surface area contributed by atoms with Crippen LogP contribution in [0.2, 0.25) is 0 Å². The second-order valence-corrected chi connectivity index (χ2v) is 8.73. The van der Waals surface area contributed by atoms with Crippen LogP contribution in [0.25, 0.3) is 0 Å². The van der Waals surface area contributed by atoms with Gasteiger partial charge < -0.3 is 14.3 Å². The molecule has 2 fully saturated rings. The lowest BCUT2D eigenvalue weighted by atomic mass is 9.96. The first-order valence-electron chi connectivity index (χ1n) is 10.4. The molecular formula is C21H27N5O2. The maximum Gasteiger partial charge on any atom is 0.276 e. The minimum Gasteiger partial charge on any atom is -0.360 e. The van der Waals surface area contributed by atoms with E-state index >= 15 is 0 Å². The SMILES string of the molecule is CC(C)c1cc(N2CC3CN(C(=O)c4noc5c4CCCC5)CC3C2)ncn1. The Morgan fingerprint density at radius 3 is 2.61 bits per heavy atom. The molecule has 28 heavy (non-hydrogen) atoms. The van der Waals surface area contributed by atoms with E-state index in [1.807, 2.05) is 4.90 Å². The number of hydrogen-bond acceptors (Lipinski definition) is 6.